The van der Waals surface area contributed by atoms with Gasteiger partial charge < -0.3 is 14.5 Å². The Balaban J connectivity index is 2.13. The quantitative estimate of drug-likeness (QED) is 0.897. The van der Waals surface area contributed by atoms with Gasteiger partial charge in [-0.05, 0) is 38.3 Å². The zero-order valence-corrected chi connectivity index (χ0v) is 11.9. The number of aryl methyl sites for hydroxylation is 4. The van der Waals surface area contributed by atoms with Crippen molar-refractivity contribution in [2.75, 3.05) is 19.5 Å². The molecule has 0 aliphatic rings. The van der Waals surface area contributed by atoms with Crippen molar-refractivity contribution in [1.82, 2.24) is 4.98 Å². The van der Waals surface area contributed by atoms with Crippen LogP contribution in [-0.2, 0) is 12.8 Å². The molecule has 102 valence electrons. The molecule has 2 rings (SSSR count). The Labute approximate surface area is 113 Å². The van der Waals surface area contributed by atoms with Crippen LogP contribution in [0.5, 0.6) is 5.75 Å². The second kappa shape index (κ2) is 5.78. The zero-order valence-electron chi connectivity index (χ0n) is 11.9. The van der Waals surface area contributed by atoms with Crippen LogP contribution < -0.4 is 10.1 Å². The second-order valence-electron chi connectivity index (χ2n) is 4.59. The Morgan fingerprint density at radius 1 is 1.26 bits per heavy atom. The van der Waals surface area contributed by atoms with Gasteiger partial charge in [0.05, 0.1) is 12.8 Å². The van der Waals surface area contributed by atoms with Crippen molar-refractivity contribution in [2.45, 2.75) is 26.7 Å². The summed E-state index contributed by atoms with van der Waals surface area (Å²) >= 11 is 0. The first-order valence-corrected chi connectivity index (χ1v) is 6.41. The van der Waals surface area contributed by atoms with E-state index in [-0.39, 0.29) is 0 Å². The van der Waals surface area contributed by atoms with Crippen molar-refractivity contribution in [3.05, 3.63) is 40.8 Å². The van der Waals surface area contributed by atoms with Gasteiger partial charge >= 0.3 is 0 Å². The average molecular weight is 260 g/mol. The van der Waals surface area contributed by atoms with Crippen LogP contribution >= 0.6 is 0 Å². The lowest BCUT2D eigenvalue weighted by Crippen LogP contribution is -1.98. The predicted octanol–water partition coefficient (Wildman–Crippen LogP) is 3.13. The van der Waals surface area contributed by atoms with Crippen LogP contribution in [0.4, 0.5) is 6.01 Å². The second-order valence-corrected chi connectivity index (χ2v) is 4.59. The van der Waals surface area contributed by atoms with Gasteiger partial charge in [0.2, 0.25) is 0 Å². The van der Waals surface area contributed by atoms with Gasteiger partial charge in [-0.2, -0.15) is 4.98 Å². The average Bonchev–Trinajstić information content (AvgIpc) is 2.77. The molecule has 0 unspecified atom stereocenters. The standard InChI is InChI=1S/C15H20N2O2/c1-10-5-8-14(18-4)12(9-10)6-7-13-11(2)19-15(16-3)17-13/h5,8-9H,6-7H2,1-4H3,(H,16,17). The molecule has 1 heterocycles. The largest absolute Gasteiger partial charge is 0.496 e. The maximum Gasteiger partial charge on any atom is 0.294 e. The number of benzene rings is 1. The number of anilines is 1. The first-order valence-electron chi connectivity index (χ1n) is 6.41. The lowest BCUT2D eigenvalue weighted by molar-refractivity contribution is 0.409. The summed E-state index contributed by atoms with van der Waals surface area (Å²) in [6.07, 6.45) is 1.73. The minimum absolute atomic E-state index is 0.573. The molecule has 0 fully saturated rings. The Morgan fingerprint density at radius 2 is 2.05 bits per heavy atom. The number of hydrogen-bond acceptors (Lipinski definition) is 4. The summed E-state index contributed by atoms with van der Waals surface area (Å²) in [5.41, 5.74) is 3.44. The van der Waals surface area contributed by atoms with E-state index in [2.05, 4.69) is 29.4 Å². The summed E-state index contributed by atoms with van der Waals surface area (Å²) in [7, 11) is 3.51. The maximum atomic E-state index is 5.48. The molecule has 19 heavy (non-hydrogen) atoms. The molecule has 0 bridgehead atoms. The molecule has 0 amide bonds. The summed E-state index contributed by atoms with van der Waals surface area (Å²) in [4.78, 5) is 4.40. The highest BCUT2D eigenvalue weighted by molar-refractivity contribution is 5.37. The number of rotatable bonds is 5. The number of aromatic nitrogens is 1. The molecule has 0 spiro atoms. The Bertz CT molecular complexity index is 561. The normalized spacial score (nSPS) is 10.5. The van der Waals surface area contributed by atoms with Gasteiger partial charge in [-0.1, -0.05) is 17.7 Å². The third kappa shape index (κ3) is 3.08. The molecular weight excluding hydrogens is 240 g/mol. The van der Waals surface area contributed by atoms with E-state index in [1.807, 2.05) is 13.0 Å². The van der Waals surface area contributed by atoms with Gasteiger partial charge in [0, 0.05) is 7.05 Å². The molecule has 0 saturated heterocycles. The van der Waals surface area contributed by atoms with E-state index < -0.39 is 0 Å². The van der Waals surface area contributed by atoms with Crippen molar-refractivity contribution in [3.8, 4) is 5.75 Å². The highest BCUT2D eigenvalue weighted by Crippen LogP contribution is 2.22. The molecule has 0 saturated carbocycles. The molecule has 4 nitrogen and oxygen atoms in total. The van der Waals surface area contributed by atoms with Gasteiger partial charge in [0.15, 0.2) is 0 Å². The number of oxazole rings is 1. The highest BCUT2D eigenvalue weighted by atomic mass is 16.5. The Hall–Kier alpha value is -1.97. The first kappa shape index (κ1) is 13.5. The summed E-state index contributed by atoms with van der Waals surface area (Å²) in [5.74, 6) is 1.80. The lowest BCUT2D eigenvalue weighted by Gasteiger charge is -2.08. The molecule has 4 heteroatoms. The van der Waals surface area contributed by atoms with Crippen LogP contribution in [0, 0.1) is 13.8 Å². The van der Waals surface area contributed by atoms with Gasteiger partial charge in [-0.15, -0.1) is 0 Å². The Kier molecular flexibility index (Phi) is 4.10. The van der Waals surface area contributed by atoms with Crippen molar-refractivity contribution in [2.24, 2.45) is 0 Å². The zero-order chi connectivity index (χ0) is 13.8. The van der Waals surface area contributed by atoms with Crippen LogP contribution in [0.2, 0.25) is 0 Å². The number of ether oxygens (including phenoxy) is 1. The van der Waals surface area contributed by atoms with E-state index in [1.165, 1.54) is 11.1 Å². The molecule has 0 aliphatic heterocycles. The van der Waals surface area contributed by atoms with E-state index in [4.69, 9.17) is 9.15 Å². The van der Waals surface area contributed by atoms with Gasteiger partial charge in [0.1, 0.15) is 11.5 Å². The van der Waals surface area contributed by atoms with Crippen LogP contribution in [0.1, 0.15) is 22.6 Å². The summed E-state index contributed by atoms with van der Waals surface area (Å²) in [6, 6.07) is 6.80. The van der Waals surface area contributed by atoms with Crippen LogP contribution in [-0.4, -0.2) is 19.1 Å². The lowest BCUT2D eigenvalue weighted by atomic mass is 10.0. The van der Waals surface area contributed by atoms with Crippen molar-refractivity contribution < 1.29 is 9.15 Å². The predicted molar refractivity (Wildman–Crippen MR) is 75.9 cm³/mol. The molecule has 0 atom stereocenters. The monoisotopic (exact) mass is 260 g/mol. The summed E-state index contributed by atoms with van der Waals surface area (Å²) in [6.45, 7) is 4.03. The van der Waals surface area contributed by atoms with Gasteiger partial charge in [-0.25, -0.2) is 0 Å². The minimum Gasteiger partial charge on any atom is -0.496 e. The molecule has 1 aromatic heterocycles. The fourth-order valence-corrected chi connectivity index (χ4v) is 2.12. The highest BCUT2D eigenvalue weighted by Gasteiger charge is 2.10. The van der Waals surface area contributed by atoms with Crippen LogP contribution in [0.15, 0.2) is 22.6 Å². The summed E-state index contributed by atoms with van der Waals surface area (Å²) in [5, 5.41) is 2.92. The summed E-state index contributed by atoms with van der Waals surface area (Å²) < 4.78 is 10.9. The van der Waals surface area contributed by atoms with Crippen LogP contribution in [0.3, 0.4) is 0 Å². The van der Waals surface area contributed by atoms with Crippen molar-refractivity contribution in [3.63, 3.8) is 0 Å². The van der Waals surface area contributed by atoms with Crippen molar-refractivity contribution >= 4 is 6.01 Å². The number of nitrogens with zero attached hydrogens (tertiary/aromatic N) is 1. The molecular formula is C15H20N2O2. The van der Waals surface area contributed by atoms with E-state index >= 15 is 0 Å². The van der Waals surface area contributed by atoms with Crippen molar-refractivity contribution in [1.29, 1.82) is 0 Å². The number of methoxy groups -OCH3 is 1. The molecule has 0 aliphatic carbocycles. The van der Waals surface area contributed by atoms with Crippen LogP contribution in [0.25, 0.3) is 0 Å². The number of nitrogens with one attached hydrogen (secondary N) is 1. The third-order valence-corrected chi connectivity index (χ3v) is 3.17. The fraction of sp³-hybridized carbons (Fsp3) is 0.400. The molecule has 2 aromatic rings. The van der Waals surface area contributed by atoms with E-state index in [0.717, 1.165) is 30.0 Å². The topological polar surface area (TPSA) is 47.3 Å². The smallest absolute Gasteiger partial charge is 0.294 e. The van der Waals surface area contributed by atoms with E-state index in [0.29, 0.717) is 6.01 Å². The fourth-order valence-electron chi connectivity index (χ4n) is 2.12. The molecule has 1 aromatic carbocycles. The van der Waals surface area contributed by atoms with E-state index in [1.54, 1.807) is 14.2 Å². The molecule has 0 radical (unpaired) electrons. The Morgan fingerprint density at radius 3 is 2.68 bits per heavy atom. The van der Waals surface area contributed by atoms with E-state index in [9.17, 15) is 0 Å². The van der Waals surface area contributed by atoms with Gasteiger partial charge in [0.25, 0.3) is 6.01 Å². The minimum atomic E-state index is 0.573. The number of hydrogen-bond donors (Lipinski definition) is 1. The van der Waals surface area contributed by atoms with Gasteiger partial charge in [-0.3, -0.25) is 0 Å². The third-order valence-electron chi connectivity index (χ3n) is 3.17. The SMILES string of the molecule is CNc1nc(CCc2cc(C)ccc2OC)c(C)o1. The first-order chi connectivity index (χ1) is 9.13. The molecule has 1 N–H and O–H groups in total. The maximum absolute atomic E-state index is 5.48.